The van der Waals surface area contributed by atoms with E-state index >= 15 is 0 Å². The summed E-state index contributed by atoms with van der Waals surface area (Å²) in [5.74, 6) is 0.817. The first kappa shape index (κ1) is 17.9. The van der Waals surface area contributed by atoms with E-state index in [9.17, 15) is 9.59 Å². The Morgan fingerprint density at radius 2 is 2.16 bits per heavy atom. The number of carbonyl (C=O) groups is 1. The van der Waals surface area contributed by atoms with E-state index in [4.69, 9.17) is 4.74 Å². The number of benzene rings is 1. The maximum Gasteiger partial charge on any atom is 0.272 e. The number of ether oxygens (including phenoxy) is 1. The van der Waals surface area contributed by atoms with Crippen molar-refractivity contribution in [2.75, 3.05) is 19.9 Å². The van der Waals surface area contributed by atoms with Crippen molar-refractivity contribution in [3.05, 3.63) is 40.3 Å². The van der Waals surface area contributed by atoms with Crippen molar-refractivity contribution in [3.63, 3.8) is 0 Å². The van der Waals surface area contributed by atoms with Crippen LogP contribution in [0, 0.1) is 0 Å². The third-order valence-corrected chi connectivity index (χ3v) is 5.98. The van der Waals surface area contributed by atoms with Gasteiger partial charge in [0.1, 0.15) is 5.75 Å². The van der Waals surface area contributed by atoms with Crippen molar-refractivity contribution < 1.29 is 9.53 Å². The van der Waals surface area contributed by atoms with Gasteiger partial charge in [-0.05, 0) is 24.3 Å². The molecule has 25 heavy (non-hydrogen) atoms. The van der Waals surface area contributed by atoms with Gasteiger partial charge >= 0.3 is 0 Å². The highest BCUT2D eigenvalue weighted by atomic mass is 32.2. The van der Waals surface area contributed by atoms with Crippen LogP contribution in [0.2, 0.25) is 0 Å². The summed E-state index contributed by atoms with van der Waals surface area (Å²) in [6.07, 6.45) is 0.770. The van der Waals surface area contributed by atoms with Crippen molar-refractivity contribution in [1.29, 1.82) is 0 Å². The molecular weight excluding hydrogens is 358 g/mol. The molecule has 8 heteroatoms. The maximum absolute atomic E-state index is 13.1. The SMILES string of the molecule is CNC(=O)CSc1nc2c(c(=O)n1-c1ccc(OC)cc1)SC(C)C2. The van der Waals surface area contributed by atoms with Gasteiger partial charge in [0, 0.05) is 18.7 Å². The number of carbonyl (C=O) groups excluding carboxylic acids is 1. The smallest absolute Gasteiger partial charge is 0.272 e. The Balaban J connectivity index is 2.08. The first-order valence-corrected chi connectivity index (χ1v) is 9.70. The van der Waals surface area contributed by atoms with E-state index in [0.717, 1.165) is 12.1 Å². The van der Waals surface area contributed by atoms with Crippen LogP contribution in [0.3, 0.4) is 0 Å². The van der Waals surface area contributed by atoms with Gasteiger partial charge < -0.3 is 10.1 Å². The molecule has 1 aromatic heterocycles. The van der Waals surface area contributed by atoms with E-state index in [1.807, 2.05) is 12.1 Å². The lowest BCUT2D eigenvalue weighted by molar-refractivity contribution is -0.118. The maximum atomic E-state index is 13.1. The van der Waals surface area contributed by atoms with Crippen LogP contribution in [0.5, 0.6) is 5.75 Å². The molecule has 1 atom stereocenters. The molecule has 0 saturated carbocycles. The summed E-state index contributed by atoms with van der Waals surface area (Å²) in [6.45, 7) is 2.08. The van der Waals surface area contributed by atoms with Gasteiger partial charge in [-0.15, -0.1) is 11.8 Å². The van der Waals surface area contributed by atoms with Crippen LogP contribution in [0.4, 0.5) is 0 Å². The van der Waals surface area contributed by atoms with Crippen molar-refractivity contribution in [2.45, 2.75) is 28.6 Å². The third-order valence-electron chi connectivity index (χ3n) is 3.82. The Morgan fingerprint density at radius 1 is 1.44 bits per heavy atom. The molecule has 2 aromatic rings. The summed E-state index contributed by atoms with van der Waals surface area (Å²) in [4.78, 5) is 30.1. The lowest BCUT2D eigenvalue weighted by Crippen LogP contribution is -2.25. The first-order valence-electron chi connectivity index (χ1n) is 7.84. The highest BCUT2D eigenvalue weighted by Crippen LogP contribution is 2.34. The fraction of sp³-hybridized carbons (Fsp3) is 0.353. The van der Waals surface area contributed by atoms with Gasteiger partial charge in [0.25, 0.3) is 5.56 Å². The summed E-state index contributed by atoms with van der Waals surface area (Å²) in [7, 11) is 3.19. The molecular formula is C17H19N3O3S2. The number of fused-ring (bicyclic) bond motifs is 1. The van der Waals surface area contributed by atoms with Gasteiger partial charge in [-0.25, -0.2) is 4.98 Å². The Bertz CT molecular complexity index is 849. The first-order chi connectivity index (χ1) is 12.0. The number of aromatic nitrogens is 2. The van der Waals surface area contributed by atoms with Gasteiger partial charge in [-0.3, -0.25) is 14.2 Å². The third kappa shape index (κ3) is 3.69. The summed E-state index contributed by atoms with van der Waals surface area (Å²) in [6, 6.07) is 7.25. The highest BCUT2D eigenvalue weighted by molar-refractivity contribution is 8.00. The molecule has 0 fully saturated rings. The topological polar surface area (TPSA) is 73.2 Å². The molecule has 6 nitrogen and oxygen atoms in total. The summed E-state index contributed by atoms with van der Waals surface area (Å²) in [5, 5.41) is 3.45. The molecule has 0 radical (unpaired) electrons. The van der Waals surface area contributed by atoms with Crippen LogP contribution in [0.15, 0.2) is 39.1 Å². The zero-order valence-corrected chi connectivity index (χ0v) is 15.9. The molecule has 1 N–H and O–H groups in total. The summed E-state index contributed by atoms with van der Waals surface area (Å²) >= 11 is 2.83. The van der Waals surface area contributed by atoms with E-state index in [0.29, 0.717) is 26.7 Å². The van der Waals surface area contributed by atoms with Gasteiger partial charge in [0.2, 0.25) is 5.91 Å². The van der Waals surface area contributed by atoms with Gasteiger partial charge in [-0.1, -0.05) is 18.7 Å². The van der Waals surface area contributed by atoms with Crippen molar-refractivity contribution >= 4 is 29.4 Å². The highest BCUT2D eigenvalue weighted by Gasteiger charge is 2.27. The Labute approximate surface area is 154 Å². The number of rotatable bonds is 5. The van der Waals surface area contributed by atoms with Crippen LogP contribution < -0.4 is 15.6 Å². The molecule has 1 aromatic carbocycles. The second kappa shape index (κ2) is 7.53. The average molecular weight is 377 g/mol. The number of methoxy groups -OCH3 is 1. The van der Waals surface area contributed by atoms with E-state index in [-0.39, 0.29) is 17.2 Å². The van der Waals surface area contributed by atoms with Crippen molar-refractivity contribution in [3.8, 4) is 11.4 Å². The van der Waals surface area contributed by atoms with Crippen LogP contribution in [0.1, 0.15) is 12.6 Å². The Hall–Kier alpha value is -1.93. The molecule has 0 aliphatic carbocycles. The lowest BCUT2D eigenvalue weighted by atomic mass is 10.2. The molecule has 0 saturated heterocycles. The molecule has 1 amide bonds. The normalized spacial score (nSPS) is 15.7. The van der Waals surface area contributed by atoms with Gasteiger partial charge in [-0.2, -0.15) is 0 Å². The van der Waals surface area contributed by atoms with Crippen LogP contribution in [-0.2, 0) is 11.2 Å². The predicted octanol–water partition coefficient (Wildman–Crippen LogP) is 2.12. The van der Waals surface area contributed by atoms with Gasteiger partial charge in [0.15, 0.2) is 5.16 Å². The minimum Gasteiger partial charge on any atom is -0.497 e. The molecule has 1 aliphatic rings. The van der Waals surface area contributed by atoms with Crippen molar-refractivity contribution in [1.82, 2.24) is 14.9 Å². The molecule has 1 unspecified atom stereocenters. The average Bonchev–Trinajstić information content (AvgIpc) is 3.00. The van der Waals surface area contributed by atoms with Crippen LogP contribution >= 0.6 is 23.5 Å². The molecule has 3 rings (SSSR count). The zero-order chi connectivity index (χ0) is 18.0. The van der Waals surface area contributed by atoms with E-state index in [2.05, 4.69) is 17.2 Å². The largest absolute Gasteiger partial charge is 0.497 e. The summed E-state index contributed by atoms with van der Waals surface area (Å²) < 4.78 is 6.76. The van der Waals surface area contributed by atoms with E-state index in [1.54, 1.807) is 42.6 Å². The van der Waals surface area contributed by atoms with Crippen molar-refractivity contribution in [2.24, 2.45) is 0 Å². The minimum atomic E-state index is -0.108. The van der Waals surface area contributed by atoms with Crippen LogP contribution in [0.25, 0.3) is 5.69 Å². The number of hydrogen-bond donors (Lipinski definition) is 1. The second-order valence-electron chi connectivity index (χ2n) is 5.60. The Morgan fingerprint density at radius 3 is 2.80 bits per heavy atom. The fourth-order valence-corrected chi connectivity index (χ4v) is 4.56. The number of nitrogens with zero attached hydrogens (tertiary/aromatic N) is 2. The lowest BCUT2D eigenvalue weighted by Gasteiger charge is -2.13. The summed E-state index contributed by atoms with van der Waals surface area (Å²) in [5.41, 5.74) is 1.45. The molecule has 0 spiro atoms. The number of amides is 1. The standard InChI is InChI=1S/C17H19N3O3S2/c1-10-8-13-15(25-10)16(22)20(11-4-6-12(23-3)7-5-11)17(19-13)24-9-14(21)18-2/h4-7,10H,8-9H2,1-3H3,(H,18,21). The molecule has 1 aliphatic heterocycles. The number of hydrogen-bond acceptors (Lipinski definition) is 6. The molecule has 132 valence electrons. The Kier molecular flexibility index (Phi) is 5.39. The number of thioether (sulfide) groups is 2. The second-order valence-corrected chi connectivity index (χ2v) is 7.99. The van der Waals surface area contributed by atoms with E-state index < -0.39 is 0 Å². The number of nitrogens with one attached hydrogen (secondary N) is 1. The predicted molar refractivity (Wildman–Crippen MR) is 100 cm³/mol. The monoisotopic (exact) mass is 377 g/mol. The van der Waals surface area contributed by atoms with Crippen LogP contribution in [-0.4, -0.2) is 40.6 Å². The van der Waals surface area contributed by atoms with E-state index in [1.165, 1.54) is 11.8 Å². The fourth-order valence-electron chi connectivity index (χ4n) is 2.56. The zero-order valence-electron chi connectivity index (χ0n) is 14.2. The molecule has 0 bridgehead atoms. The molecule has 2 heterocycles. The van der Waals surface area contributed by atoms with Gasteiger partial charge in [0.05, 0.1) is 29.1 Å². The minimum absolute atomic E-state index is 0.0797. The quantitative estimate of drug-likeness (QED) is 0.636.